The number of hydrogen-bond donors (Lipinski definition) is 2. The number of nitrogens with one attached hydrogen (secondary N) is 2. The Morgan fingerprint density at radius 1 is 1.07 bits per heavy atom. The van der Waals surface area contributed by atoms with Gasteiger partial charge in [0.15, 0.2) is 11.5 Å². The molecule has 0 aliphatic carbocycles. The molecule has 0 atom stereocenters. The van der Waals surface area contributed by atoms with Crippen LogP contribution in [0.15, 0.2) is 42.7 Å². The SMILES string of the molecule is COc1cc2ncnc(Nc3ccc(NC(=O)CC#N)cc3)c2cc1OC. The van der Waals surface area contributed by atoms with Crippen molar-refractivity contribution in [3.63, 3.8) is 0 Å². The second kappa shape index (κ2) is 8.01. The van der Waals surface area contributed by atoms with Gasteiger partial charge in [-0.3, -0.25) is 4.79 Å². The maximum Gasteiger partial charge on any atom is 0.238 e. The summed E-state index contributed by atoms with van der Waals surface area (Å²) in [6.45, 7) is 0. The van der Waals surface area contributed by atoms with E-state index in [1.165, 1.54) is 6.33 Å². The maximum absolute atomic E-state index is 11.5. The van der Waals surface area contributed by atoms with Crippen LogP contribution in [-0.4, -0.2) is 30.1 Å². The van der Waals surface area contributed by atoms with Crippen molar-refractivity contribution in [2.75, 3.05) is 24.9 Å². The number of benzene rings is 2. The lowest BCUT2D eigenvalue weighted by molar-refractivity contribution is -0.115. The molecule has 0 aliphatic heterocycles. The number of carbonyl (C=O) groups is 1. The Hall–Kier alpha value is -3.86. The maximum atomic E-state index is 11.5. The van der Waals surface area contributed by atoms with Gasteiger partial charge < -0.3 is 20.1 Å². The smallest absolute Gasteiger partial charge is 0.238 e. The molecule has 0 unspecified atom stereocenters. The van der Waals surface area contributed by atoms with Crippen LogP contribution in [0.3, 0.4) is 0 Å². The minimum Gasteiger partial charge on any atom is -0.493 e. The third-order valence-corrected chi connectivity index (χ3v) is 3.81. The fraction of sp³-hybridized carbons (Fsp3) is 0.158. The first-order chi connectivity index (χ1) is 13.1. The number of aromatic nitrogens is 2. The van der Waals surface area contributed by atoms with Crippen LogP contribution in [0.4, 0.5) is 17.2 Å². The highest BCUT2D eigenvalue weighted by molar-refractivity contribution is 5.94. The van der Waals surface area contributed by atoms with E-state index in [9.17, 15) is 4.79 Å². The third-order valence-electron chi connectivity index (χ3n) is 3.81. The topological polar surface area (TPSA) is 109 Å². The molecule has 136 valence electrons. The molecule has 0 radical (unpaired) electrons. The van der Waals surface area contributed by atoms with Gasteiger partial charge in [-0.2, -0.15) is 5.26 Å². The largest absolute Gasteiger partial charge is 0.493 e. The quantitative estimate of drug-likeness (QED) is 0.692. The second-order valence-electron chi connectivity index (χ2n) is 5.53. The fourth-order valence-corrected chi connectivity index (χ4v) is 2.53. The summed E-state index contributed by atoms with van der Waals surface area (Å²) >= 11 is 0. The summed E-state index contributed by atoms with van der Waals surface area (Å²) in [5.41, 5.74) is 2.10. The number of ether oxygens (including phenoxy) is 2. The lowest BCUT2D eigenvalue weighted by Gasteiger charge is -2.12. The zero-order valence-electron chi connectivity index (χ0n) is 14.8. The van der Waals surface area contributed by atoms with E-state index in [4.69, 9.17) is 14.7 Å². The van der Waals surface area contributed by atoms with E-state index >= 15 is 0 Å². The zero-order chi connectivity index (χ0) is 19.2. The van der Waals surface area contributed by atoms with Crippen LogP contribution in [-0.2, 0) is 4.79 Å². The molecule has 0 spiro atoms. The van der Waals surface area contributed by atoms with Crippen LogP contribution in [0.5, 0.6) is 11.5 Å². The van der Waals surface area contributed by atoms with E-state index in [2.05, 4.69) is 20.6 Å². The summed E-state index contributed by atoms with van der Waals surface area (Å²) in [5, 5.41) is 15.2. The van der Waals surface area contributed by atoms with E-state index in [0.717, 1.165) is 11.1 Å². The van der Waals surface area contributed by atoms with Crippen molar-refractivity contribution in [3.05, 3.63) is 42.7 Å². The summed E-state index contributed by atoms with van der Waals surface area (Å²) in [5.74, 6) is 1.44. The standard InChI is InChI=1S/C19H17N5O3/c1-26-16-9-14-15(10-17(16)27-2)21-11-22-19(14)24-13-5-3-12(4-6-13)23-18(25)7-8-20/h3-6,9-11H,7H2,1-2H3,(H,23,25)(H,21,22,24). The Bertz CT molecular complexity index is 1010. The molecule has 0 aliphatic rings. The minimum atomic E-state index is -0.346. The number of carbonyl (C=O) groups excluding carboxylic acids is 1. The normalized spacial score (nSPS) is 10.1. The first-order valence-electron chi connectivity index (χ1n) is 8.05. The van der Waals surface area contributed by atoms with Gasteiger partial charge in [0.05, 0.1) is 25.8 Å². The lowest BCUT2D eigenvalue weighted by atomic mass is 10.2. The van der Waals surface area contributed by atoms with Crippen molar-refractivity contribution in [1.82, 2.24) is 9.97 Å². The van der Waals surface area contributed by atoms with E-state index in [-0.39, 0.29) is 12.3 Å². The van der Waals surface area contributed by atoms with Crippen LogP contribution in [0, 0.1) is 11.3 Å². The van der Waals surface area contributed by atoms with Crippen molar-refractivity contribution in [1.29, 1.82) is 5.26 Å². The molecular formula is C19H17N5O3. The molecule has 0 saturated carbocycles. The van der Waals surface area contributed by atoms with E-state index in [0.29, 0.717) is 28.5 Å². The van der Waals surface area contributed by atoms with Gasteiger partial charge >= 0.3 is 0 Å². The molecule has 0 saturated heterocycles. The summed E-state index contributed by atoms with van der Waals surface area (Å²) in [6.07, 6.45) is 1.28. The molecule has 2 aromatic carbocycles. The summed E-state index contributed by atoms with van der Waals surface area (Å²) < 4.78 is 10.7. The molecule has 0 fully saturated rings. The number of methoxy groups -OCH3 is 2. The Balaban J connectivity index is 1.86. The highest BCUT2D eigenvalue weighted by Crippen LogP contribution is 2.34. The second-order valence-corrected chi connectivity index (χ2v) is 5.53. The number of amides is 1. The van der Waals surface area contributed by atoms with Gasteiger partial charge in [0.25, 0.3) is 0 Å². The van der Waals surface area contributed by atoms with Crippen LogP contribution >= 0.6 is 0 Å². The number of nitrogens with zero attached hydrogens (tertiary/aromatic N) is 3. The van der Waals surface area contributed by atoms with Crippen LogP contribution in [0.25, 0.3) is 10.9 Å². The minimum absolute atomic E-state index is 0.182. The van der Waals surface area contributed by atoms with Crippen molar-refractivity contribution in [2.45, 2.75) is 6.42 Å². The zero-order valence-corrected chi connectivity index (χ0v) is 14.8. The van der Waals surface area contributed by atoms with E-state index < -0.39 is 0 Å². The molecule has 1 amide bonds. The molecule has 8 heteroatoms. The van der Waals surface area contributed by atoms with Gasteiger partial charge in [0.1, 0.15) is 18.6 Å². The molecule has 2 N–H and O–H groups in total. The predicted molar refractivity (Wildman–Crippen MR) is 101 cm³/mol. The van der Waals surface area contributed by atoms with Gasteiger partial charge in [-0.25, -0.2) is 9.97 Å². The van der Waals surface area contributed by atoms with Gasteiger partial charge in [-0.1, -0.05) is 0 Å². The average Bonchev–Trinajstić information content (AvgIpc) is 2.68. The van der Waals surface area contributed by atoms with Gasteiger partial charge in [0.2, 0.25) is 5.91 Å². The third kappa shape index (κ3) is 4.04. The molecule has 3 rings (SSSR count). The van der Waals surface area contributed by atoms with Gasteiger partial charge in [-0.15, -0.1) is 0 Å². The summed E-state index contributed by atoms with van der Waals surface area (Å²) in [6, 6.07) is 12.5. The molecular weight excluding hydrogens is 346 g/mol. The van der Waals surface area contributed by atoms with Gasteiger partial charge in [-0.05, 0) is 30.3 Å². The molecule has 3 aromatic rings. The van der Waals surface area contributed by atoms with Crippen LogP contribution in [0.2, 0.25) is 0 Å². The summed E-state index contributed by atoms with van der Waals surface area (Å²) in [4.78, 5) is 20.0. The molecule has 1 heterocycles. The lowest BCUT2D eigenvalue weighted by Crippen LogP contribution is -2.09. The molecule has 1 aromatic heterocycles. The predicted octanol–water partition coefficient (Wildman–Crippen LogP) is 3.24. The number of fused-ring (bicyclic) bond motifs is 1. The highest BCUT2D eigenvalue weighted by atomic mass is 16.5. The van der Waals surface area contributed by atoms with Crippen molar-refractivity contribution >= 4 is 34.0 Å². The van der Waals surface area contributed by atoms with Crippen LogP contribution < -0.4 is 20.1 Å². The average molecular weight is 363 g/mol. The molecule has 0 bridgehead atoms. The first kappa shape index (κ1) is 17.9. The molecule has 8 nitrogen and oxygen atoms in total. The van der Waals surface area contributed by atoms with E-state index in [1.54, 1.807) is 44.6 Å². The van der Waals surface area contributed by atoms with Gasteiger partial charge in [0, 0.05) is 22.8 Å². The van der Waals surface area contributed by atoms with E-state index in [1.807, 2.05) is 12.1 Å². The number of anilines is 3. The van der Waals surface area contributed by atoms with Crippen molar-refractivity contribution < 1.29 is 14.3 Å². The Kier molecular flexibility index (Phi) is 5.33. The van der Waals surface area contributed by atoms with Crippen molar-refractivity contribution in [2.24, 2.45) is 0 Å². The number of nitriles is 1. The number of hydrogen-bond acceptors (Lipinski definition) is 7. The summed E-state index contributed by atoms with van der Waals surface area (Å²) in [7, 11) is 3.14. The first-order valence-corrected chi connectivity index (χ1v) is 8.05. The van der Waals surface area contributed by atoms with Crippen LogP contribution in [0.1, 0.15) is 6.42 Å². The fourth-order valence-electron chi connectivity index (χ4n) is 2.53. The number of rotatable bonds is 6. The Morgan fingerprint density at radius 3 is 2.41 bits per heavy atom. The molecule has 27 heavy (non-hydrogen) atoms. The Labute approximate surface area is 155 Å². The van der Waals surface area contributed by atoms with Crippen molar-refractivity contribution in [3.8, 4) is 17.6 Å². The monoisotopic (exact) mass is 363 g/mol. The Morgan fingerprint density at radius 2 is 1.74 bits per heavy atom. The highest BCUT2D eigenvalue weighted by Gasteiger charge is 2.11.